The van der Waals surface area contributed by atoms with Crippen LogP contribution in [0.15, 0.2) is 29.1 Å². The normalized spacial score (nSPS) is 13.3. The summed E-state index contributed by atoms with van der Waals surface area (Å²) >= 11 is 0. The van der Waals surface area contributed by atoms with Crippen LogP contribution in [0.3, 0.4) is 0 Å². The summed E-state index contributed by atoms with van der Waals surface area (Å²) in [5.41, 5.74) is 4.03. The van der Waals surface area contributed by atoms with E-state index in [2.05, 4.69) is 34.3 Å². The minimum Gasteiger partial charge on any atom is -0.326 e. The van der Waals surface area contributed by atoms with Crippen molar-refractivity contribution in [1.29, 1.82) is 0 Å². The molecular weight excluding hydrogens is 238 g/mol. The number of aryl methyl sites for hydroxylation is 2. The van der Waals surface area contributed by atoms with E-state index in [9.17, 15) is 4.79 Å². The van der Waals surface area contributed by atoms with Gasteiger partial charge < -0.3 is 5.32 Å². The number of nitrogens with zero attached hydrogens (tertiary/aromatic N) is 1. The maximum atomic E-state index is 11.9. The van der Waals surface area contributed by atoms with Crippen LogP contribution in [0.1, 0.15) is 30.2 Å². The van der Waals surface area contributed by atoms with Crippen molar-refractivity contribution >= 4 is 11.6 Å². The van der Waals surface area contributed by atoms with Crippen molar-refractivity contribution in [3.05, 3.63) is 51.4 Å². The van der Waals surface area contributed by atoms with Gasteiger partial charge in [-0.1, -0.05) is 19.1 Å². The highest BCUT2D eigenvalue weighted by molar-refractivity contribution is 5.54. The number of hydrogen-bond acceptors (Lipinski definition) is 3. The molecule has 1 aliphatic carbocycles. The van der Waals surface area contributed by atoms with Gasteiger partial charge in [0, 0.05) is 11.3 Å². The number of rotatable bonds is 3. The number of hydrogen-bond donors (Lipinski definition) is 2. The van der Waals surface area contributed by atoms with Gasteiger partial charge in [-0.05, 0) is 43.4 Å². The average Bonchev–Trinajstić information content (AvgIpc) is 2.88. The molecule has 0 saturated heterocycles. The van der Waals surface area contributed by atoms with Crippen molar-refractivity contribution in [2.75, 3.05) is 5.32 Å². The SMILES string of the molecule is CCc1ccc(Nc2nc3c(c(=O)[nH]2)CCC3)cc1. The molecule has 0 unspecified atom stereocenters. The summed E-state index contributed by atoms with van der Waals surface area (Å²) in [7, 11) is 0. The van der Waals surface area contributed by atoms with Gasteiger partial charge in [0.15, 0.2) is 0 Å². The zero-order chi connectivity index (χ0) is 13.2. The maximum absolute atomic E-state index is 11.9. The van der Waals surface area contributed by atoms with Crippen LogP contribution in [-0.4, -0.2) is 9.97 Å². The van der Waals surface area contributed by atoms with Crippen molar-refractivity contribution in [1.82, 2.24) is 9.97 Å². The van der Waals surface area contributed by atoms with Crippen molar-refractivity contribution < 1.29 is 0 Å². The molecule has 4 heteroatoms. The lowest BCUT2D eigenvalue weighted by Gasteiger charge is -2.07. The van der Waals surface area contributed by atoms with Gasteiger partial charge in [-0.3, -0.25) is 9.78 Å². The molecule has 0 spiro atoms. The second-order valence-corrected chi connectivity index (χ2v) is 4.87. The molecule has 3 rings (SSSR count). The molecule has 0 amide bonds. The number of aromatic nitrogens is 2. The Morgan fingerprint density at radius 2 is 2.05 bits per heavy atom. The van der Waals surface area contributed by atoms with Crippen LogP contribution < -0.4 is 10.9 Å². The number of fused-ring (bicyclic) bond motifs is 1. The molecule has 0 saturated carbocycles. The molecule has 98 valence electrons. The lowest BCUT2D eigenvalue weighted by atomic mass is 10.1. The predicted molar refractivity (Wildman–Crippen MR) is 76.0 cm³/mol. The number of nitrogens with one attached hydrogen (secondary N) is 2. The van der Waals surface area contributed by atoms with Crippen molar-refractivity contribution in [3.63, 3.8) is 0 Å². The lowest BCUT2D eigenvalue weighted by molar-refractivity contribution is 0.899. The molecule has 0 aliphatic heterocycles. The minimum absolute atomic E-state index is 0.00446. The Bertz CT molecular complexity index is 643. The molecule has 1 aromatic heterocycles. The van der Waals surface area contributed by atoms with Gasteiger partial charge in [-0.25, -0.2) is 4.98 Å². The van der Waals surface area contributed by atoms with E-state index in [1.807, 2.05) is 12.1 Å². The van der Waals surface area contributed by atoms with E-state index in [0.717, 1.165) is 42.6 Å². The Balaban J connectivity index is 1.87. The van der Waals surface area contributed by atoms with Gasteiger partial charge in [-0.15, -0.1) is 0 Å². The summed E-state index contributed by atoms with van der Waals surface area (Å²) in [6, 6.07) is 8.17. The minimum atomic E-state index is -0.00446. The molecule has 1 heterocycles. The van der Waals surface area contributed by atoms with Gasteiger partial charge in [0.05, 0.1) is 5.69 Å². The molecule has 2 N–H and O–H groups in total. The molecule has 0 fully saturated rings. The fraction of sp³-hybridized carbons (Fsp3) is 0.333. The van der Waals surface area contributed by atoms with E-state index in [1.165, 1.54) is 5.56 Å². The Hall–Kier alpha value is -2.10. The largest absolute Gasteiger partial charge is 0.326 e. The molecule has 1 aliphatic rings. The summed E-state index contributed by atoms with van der Waals surface area (Å²) < 4.78 is 0. The van der Waals surface area contributed by atoms with Crippen LogP contribution in [0.5, 0.6) is 0 Å². The van der Waals surface area contributed by atoms with E-state index in [4.69, 9.17) is 0 Å². The van der Waals surface area contributed by atoms with E-state index in [1.54, 1.807) is 0 Å². The monoisotopic (exact) mass is 255 g/mol. The van der Waals surface area contributed by atoms with Crippen molar-refractivity contribution in [2.24, 2.45) is 0 Å². The lowest BCUT2D eigenvalue weighted by Crippen LogP contribution is -2.16. The molecule has 0 atom stereocenters. The Kier molecular flexibility index (Phi) is 3.07. The number of aromatic amines is 1. The molecule has 2 aromatic rings. The first-order valence-electron chi connectivity index (χ1n) is 6.74. The second kappa shape index (κ2) is 4.88. The maximum Gasteiger partial charge on any atom is 0.255 e. The Morgan fingerprint density at radius 1 is 1.26 bits per heavy atom. The smallest absolute Gasteiger partial charge is 0.255 e. The first kappa shape index (κ1) is 12.0. The van der Waals surface area contributed by atoms with Crippen LogP contribution in [-0.2, 0) is 19.3 Å². The molecule has 0 bridgehead atoms. The number of benzene rings is 1. The quantitative estimate of drug-likeness (QED) is 0.886. The standard InChI is InChI=1S/C15H17N3O/c1-2-10-6-8-11(9-7-10)16-15-17-13-5-3-4-12(13)14(19)18-15/h6-9H,2-5H2,1H3,(H2,16,17,18,19). The molecular formula is C15H17N3O. The zero-order valence-corrected chi connectivity index (χ0v) is 11.0. The first-order valence-corrected chi connectivity index (χ1v) is 6.74. The van der Waals surface area contributed by atoms with Crippen LogP contribution in [0.4, 0.5) is 11.6 Å². The molecule has 4 nitrogen and oxygen atoms in total. The number of anilines is 2. The Labute approximate surface area is 111 Å². The van der Waals surface area contributed by atoms with E-state index in [0.29, 0.717) is 5.95 Å². The summed E-state index contributed by atoms with van der Waals surface area (Å²) in [6.07, 6.45) is 3.81. The highest BCUT2D eigenvalue weighted by Crippen LogP contribution is 2.19. The highest BCUT2D eigenvalue weighted by Gasteiger charge is 2.16. The van der Waals surface area contributed by atoms with Crippen LogP contribution in [0.2, 0.25) is 0 Å². The molecule has 1 aromatic carbocycles. The van der Waals surface area contributed by atoms with Gasteiger partial charge in [-0.2, -0.15) is 0 Å². The second-order valence-electron chi connectivity index (χ2n) is 4.87. The van der Waals surface area contributed by atoms with Gasteiger partial charge in [0.25, 0.3) is 5.56 Å². The summed E-state index contributed by atoms with van der Waals surface area (Å²) in [4.78, 5) is 19.2. The zero-order valence-electron chi connectivity index (χ0n) is 11.0. The van der Waals surface area contributed by atoms with Crippen LogP contribution >= 0.6 is 0 Å². The third kappa shape index (κ3) is 2.38. The van der Waals surface area contributed by atoms with E-state index < -0.39 is 0 Å². The molecule has 19 heavy (non-hydrogen) atoms. The van der Waals surface area contributed by atoms with Crippen molar-refractivity contribution in [3.8, 4) is 0 Å². The van der Waals surface area contributed by atoms with Gasteiger partial charge in [0.2, 0.25) is 5.95 Å². The Morgan fingerprint density at radius 3 is 2.79 bits per heavy atom. The number of H-pyrrole nitrogens is 1. The van der Waals surface area contributed by atoms with Crippen LogP contribution in [0, 0.1) is 0 Å². The third-order valence-corrected chi connectivity index (χ3v) is 3.57. The fourth-order valence-corrected chi connectivity index (χ4v) is 2.46. The van der Waals surface area contributed by atoms with Crippen LogP contribution in [0.25, 0.3) is 0 Å². The van der Waals surface area contributed by atoms with Gasteiger partial charge >= 0.3 is 0 Å². The first-order chi connectivity index (χ1) is 9.26. The summed E-state index contributed by atoms with van der Waals surface area (Å²) in [5, 5.41) is 3.16. The summed E-state index contributed by atoms with van der Waals surface area (Å²) in [6.45, 7) is 2.13. The highest BCUT2D eigenvalue weighted by atomic mass is 16.1. The van der Waals surface area contributed by atoms with E-state index in [-0.39, 0.29) is 5.56 Å². The average molecular weight is 255 g/mol. The topological polar surface area (TPSA) is 57.8 Å². The molecule has 0 radical (unpaired) electrons. The van der Waals surface area contributed by atoms with Gasteiger partial charge in [0.1, 0.15) is 0 Å². The fourth-order valence-electron chi connectivity index (χ4n) is 2.46. The summed E-state index contributed by atoms with van der Waals surface area (Å²) in [5.74, 6) is 0.537. The van der Waals surface area contributed by atoms with Crippen molar-refractivity contribution in [2.45, 2.75) is 32.6 Å². The van der Waals surface area contributed by atoms with E-state index >= 15 is 0 Å². The predicted octanol–water partition coefficient (Wildman–Crippen LogP) is 2.56. The third-order valence-electron chi connectivity index (χ3n) is 3.57.